The Morgan fingerprint density at radius 3 is 3.07 bits per heavy atom. The number of hydrogen-bond acceptors (Lipinski definition) is 2. The van der Waals surface area contributed by atoms with Gasteiger partial charge in [-0.25, -0.2) is 0 Å². The van der Waals surface area contributed by atoms with Gasteiger partial charge in [-0.3, -0.25) is 10.3 Å². The summed E-state index contributed by atoms with van der Waals surface area (Å²) in [6.07, 6.45) is 8.13. The van der Waals surface area contributed by atoms with Gasteiger partial charge in [0, 0.05) is 6.20 Å². The smallest absolute Gasteiger partial charge is 0.113 e. The topological polar surface area (TPSA) is 24.9 Å². The Labute approximate surface area is 89.7 Å². The molecule has 0 amide bonds. The van der Waals surface area contributed by atoms with Gasteiger partial charge >= 0.3 is 0 Å². The third-order valence-corrected chi connectivity index (χ3v) is 2.15. The fourth-order valence-corrected chi connectivity index (χ4v) is 1.36. The highest BCUT2D eigenvalue weighted by Crippen LogP contribution is 2.19. The van der Waals surface area contributed by atoms with E-state index >= 15 is 0 Å². The van der Waals surface area contributed by atoms with E-state index in [1.54, 1.807) is 18.3 Å². The predicted octanol–water partition coefficient (Wildman–Crippen LogP) is 2.41. The number of halogens is 1. The lowest BCUT2D eigenvalue weighted by Crippen LogP contribution is -2.21. The van der Waals surface area contributed by atoms with Gasteiger partial charge in [0.2, 0.25) is 0 Å². The summed E-state index contributed by atoms with van der Waals surface area (Å²) in [7, 11) is 0. The van der Waals surface area contributed by atoms with Crippen LogP contribution in [0.5, 0.6) is 0 Å². The second kappa shape index (κ2) is 5.64. The predicted molar refractivity (Wildman–Crippen MR) is 59.1 cm³/mol. The number of nitrogens with one attached hydrogen (secondary N) is 1. The first-order valence-electron chi connectivity index (χ1n) is 4.59. The highest BCUT2D eigenvalue weighted by Gasteiger charge is 2.11. The Balaban J connectivity index is 2.80. The molecule has 1 heterocycles. The van der Waals surface area contributed by atoms with Crippen molar-refractivity contribution in [3.05, 3.63) is 29.0 Å². The van der Waals surface area contributed by atoms with Crippen LogP contribution in [0.3, 0.4) is 0 Å². The van der Waals surface area contributed by atoms with Crippen molar-refractivity contribution in [2.45, 2.75) is 19.4 Å². The molecule has 14 heavy (non-hydrogen) atoms. The first kappa shape index (κ1) is 11.0. The van der Waals surface area contributed by atoms with E-state index in [9.17, 15) is 0 Å². The summed E-state index contributed by atoms with van der Waals surface area (Å²) >= 11 is 5.98. The molecule has 0 aromatic carbocycles. The molecule has 1 N–H and O–H groups in total. The van der Waals surface area contributed by atoms with Crippen molar-refractivity contribution in [2.24, 2.45) is 0 Å². The first-order chi connectivity index (χ1) is 6.79. The summed E-state index contributed by atoms with van der Waals surface area (Å²) in [6, 6.07) is 3.39. The summed E-state index contributed by atoms with van der Waals surface area (Å²) in [5.74, 6) is 2.64. The molecule has 0 saturated carbocycles. The van der Waals surface area contributed by atoms with Crippen LogP contribution in [0.2, 0.25) is 5.02 Å². The molecule has 0 aliphatic rings. The maximum atomic E-state index is 5.98. The molecule has 1 aromatic heterocycles. The van der Waals surface area contributed by atoms with Crippen molar-refractivity contribution in [2.75, 3.05) is 6.54 Å². The van der Waals surface area contributed by atoms with E-state index in [1.807, 2.05) is 0 Å². The number of rotatable bonds is 4. The van der Waals surface area contributed by atoms with Gasteiger partial charge in [-0.05, 0) is 25.1 Å². The van der Waals surface area contributed by atoms with Crippen molar-refractivity contribution in [1.82, 2.24) is 10.3 Å². The molecule has 0 radical (unpaired) electrons. The van der Waals surface area contributed by atoms with Gasteiger partial charge in [0.25, 0.3) is 0 Å². The Morgan fingerprint density at radius 1 is 1.71 bits per heavy atom. The molecule has 3 heteroatoms. The minimum absolute atomic E-state index is 0.191. The lowest BCUT2D eigenvalue weighted by molar-refractivity contribution is 0.614. The van der Waals surface area contributed by atoms with Gasteiger partial charge in [-0.1, -0.05) is 24.4 Å². The zero-order chi connectivity index (χ0) is 10.4. The van der Waals surface area contributed by atoms with Crippen LogP contribution < -0.4 is 5.32 Å². The summed E-state index contributed by atoms with van der Waals surface area (Å²) in [5, 5.41) is 3.80. The van der Waals surface area contributed by atoms with Crippen molar-refractivity contribution in [3.63, 3.8) is 0 Å². The monoisotopic (exact) mass is 208 g/mol. The highest BCUT2D eigenvalue weighted by molar-refractivity contribution is 6.31. The van der Waals surface area contributed by atoms with Gasteiger partial charge in [0.15, 0.2) is 0 Å². The molecule has 1 atom stereocenters. The van der Waals surface area contributed by atoms with Crippen LogP contribution in [0.15, 0.2) is 18.3 Å². The molecule has 0 bridgehead atoms. The molecule has 0 spiro atoms. The van der Waals surface area contributed by atoms with Gasteiger partial charge < -0.3 is 0 Å². The number of pyridine rings is 1. The van der Waals surface area contributed by atoms with Crippen LogP contribution in [0.1, 0.15) is 25.1 Å². The maximum absolute atomic E-state index is 5.98. The van der Waals surface area contributed by atoms with Crippen LogP contribution in [-0.4, -0.2) is 11.5 Å². The summed E-state index contributed by atoms with van der Waals surface area (Å²) in [6.45, 7) is 2.95. The third-order valence-electron chi connectivity index (χ3n) is 1.83. The molecule has 0 aliphatic heterocycles. The maximum Gasteiger partial charge on any atom is 0.113 e. The second-order valence-electron chi connectivity index (χ2n) is 2.92. The number of aromatic nitrogens is 1. The Morgan fingerprint density at radius 2 is 2.50 bits per heavy atom. The molecular weight excluding hydrogens is 196 g/mol. The SMILES string of the molecule is C#CC(NCCC)c1ncccc1Cl. The summed E-state index contributed by atoms with van der Waals surface area (Å²) < 4.78 is 0. The molecule has 2 nitrogen and oxygen atoms in total. The average molecular weight is 209 g/mol. The van der Waals surface area contributed by atoms with Crippen LogP contribution in [-0.2, 0) is 0 Å². The van der Waals surface area contributed by atoms with E-state index in [2.05, 4.69) is 23.1 Å². The van der Waals surface area contributed by atoms with Crippen molar-refractivity contribution < 1.29 is 0 Å². The van der Waals surface area contributed by atoms with Crippen LogP contribution in [0.25, 0.3) is 0 Å². The lowest BCUT2D eigenvalue weighted by atomic mass is 10.2. The van der Waals surface area contributed by atoms with Crippen LogP contribution in [0.4, 0.5) is 0 Å². The molecule has 0 fully saturated rings. The quantitative estimate of drug-likeness (QED) is 0.769. The summed E-state index contributed by atoms with van der Waals surface area (Å²) in [5.41, 5.74) is 0.727. The van der Waals surface area contributed by atoms with E-state index < -0.39 is 0 Å². The third kappa shape index (κ3) is 2.73. The van der Waals surface area contributed by atoms with Gasteiger partial charge in [0.05, 0.1) is 10.7 Å². The molecule has 1 unspecified atom stereocenters. The minimum Gasteiger partial charge on any atom is -0.299 e. The van der Waals surface area contributed by atoms with E-state index in [4.69, 9.17) is 18.0 Å². The van der Waals surface area contributed by atoms with E-state index in [1.165, 1.54) is 0 Å². The molecule has 1 aromatic rings. The largest absolute Gasteiger partial charge is 0.299 e. The van der Waals surface area contributed by atoms with Crippen LogP contribution in [0, 0.1) is 12.3 Å². The average Bonchev–Trinajstić information content (AvgIpc) is 2.21. The number of hydrogen-bond donors (Lipinski definition) is 1. The molecule has 1 rings (SSSR count). The van der Waals surface area contributed by atoms with E-state index in [0.717, 1.165) is 18.7 Å². The second-order valence-corrected chi connectivity index (χ2v) is 3.33. The normalized spacial score (nSPS) is 12.1. The molecule has 0 saturated heterocycles. The van der Waals surface area contributed by atoms with E-state index in [0.29, 0.717) is 5.02 Å². The fourth-order valence-electron chi connectivity index (χ4n) is 1.13. The van der Waals surface area contributed by atoms with Crippen molar-refractivity contribution >= 4 is 11.6 Å². The molecule has 74 valence electrons. The minimum atomic E-state index is -0.191. The standard InChI is InChI=1S/C11H13ClN2/c1-3-7-13-10(4-2)11-9(12)6-5-8-14-11/h2,5-6,8,10,13H,3,7H2,1H3. The van der Waals surface area contributed by atoms with Gasteiger partial charge in [-0.2, -0.15) is 0 Å². The van der Waals surface area contributed by atoms with Gasteiger partial charge in [-0.15, -0.1) is 6.42 Å². The molecular formula is C11H13ClN2. The zero-order valence-electron chi connectivity index (χ0n) is 8.13. The van der Waals surface area contributed by atoms with Crippen molar-refractivity contribution in [3.8, 4) is 12.3 Å². The Kier molecular flexibility index (Phi) is 4.45. The number of terminal acetylenes is 1. The number of nitrogens with zero attached hydrogens (tertiary/aromatic N) is 1. The van der Waals surface area contributed by atoms with Crippen molar-refractivity contribution in [1.29, 1.82) is 0 Å². The summed E-state index contributed by atoms with van der Waals surface area (Å²) in [4.78, 5) is 4.17. The Hall–Kier alpha value is -1.04. The highest BCUT2D eigenvalue weighted by atomic mass is 35.5. The van der Waals surface area contributed by atoms with Gasteiger partial charge in [0.1, 0.15) is 6.04 Å². The Bertz CT molecular complexity index is 330. The van der Waals surface area contributed by atoms with E-state index in [-0.39, 0.29) is 6.04 Å². The molecule has 0 aliphatic carbocycles. The first-order valence-corrected chi connectivity index (χ1v) is 4.97. The lowest BCUT2D eigenvalue weighted by Gasteiger charge is -2.12. The zero-order valence-corrected chi connectivity index (χ0v) is 8.88. The van der Waals surface area contributed by atoms with Crippen LogP contribution >= 0.6 is 11.6 Å². The fraction of sp³-hybridized carbons (Fsp3) is 0.364.